The van der Waals surface area contributed by atoms with E-state index in [4.69, 9.17) is 12.2 Å². The maximum atomic E-state index is 5.21. The van der Waals surface area contributed by atoms with Crippen LogP contribution < -0.4 is 10.3 Å². The highest BCUT2D eigenvalue weighted by Gasteiger charge is 2.26. The molecule has 1 N–H and O–H groups in total. The molecule has 0 saturated heterocycles. The molecule has 1 heterocycles. The number of thiocarbonyl (C=S) groups is 1. The number of unbranched alkanes of at least 4 members (excludes halogenated alkanes) is 10. The maximum Gasteiger partial charge on any atom is 0.150 e. The van der Waals surface area contributed by atoms with E-state index in [-0.39, 0.29) is 6.17 Å². The van der Waals surface area contributed by atoms with E-state index in [9.17, 15) is 0 Å². The van der Waals surface area contributed by atoms with Gasteiger partial charge in [0.15, 0.2) is 0 Å². The number of benzene rings is 1. The predicted molar refractivity (Wildman–Crippen MR) is 130 cm³/mol. The van der Waals surface area contributed by atoms with Crippen LogP contribution in [0.5, 0.6) is 0 Å². The quantitative estimate of drug-likeness (QED) is 0.185. The molecule has 0 aliphatic carbocycles. The Kier molecular flexibility index (Phi) is 11.6. The van der Waals surface area contributed by atoms with Gasteiger partial charge in [-0.15, -0.1) is 11.8 Å². The van der Waals surface area contributed by atoms with Crippen molar-refractivity contribution < 1.29 is 0 Å². The van der Waals surface area contributed by atoms with Crippen molar-refractivity contribution in [3.63, 3.8) is 0 Å². The lowest BCUT2D eigenvalue weighted by Crippen LogP contribution is -2.41. The Morgan fingerprint density at radius 1 is 0.964 bits per heavy atom. The molecular weight excluding hydrogens is 382 g/mol. The summed E-state index contributed by atoms with van der Waals surface area (Å²) in [4.78, 5) is 3.52. The van der Waals surface area contributed by atoms with Gasteiger partial charge in [-0.25, -0.2) is 0 Å². The molecule has 1 aliphatic heterocycles. The second kappa shape index (κ2) is 14.0. The fraction of sp³-hybridized carbons (Fsp3) is 0.652. The van der Waals surface area contributed by atoms with Gasteiger partial charge in [-0.05, 0) is 36.9 Å². The van der Waals surface area contributed by atoms with Crippen molar-refractivity contribution >= 4 is 40.9 Å². The van der Waals surface area contributed by atoms with Gasteiger partial charge in [-0.2, -0.15) is 5.10 Å². The molecular formula is C23H37N3S2. The first-order valence-electron chi connectivity index (χ1n) is 11.0. The molecule has 0 saturated carbocycles. The smallest absolute Gasteiger partial charge is 0.150 e. The summed E-state index contributed by atoms with van der Waals surface area (Å²) in [5.41, 5.74) is 4.33. The highest BCUT2D eigenvalue weighted by atomic mass is 32.2. The molecule has 3 nitrogen and oxygen atoms in total. The standard InChI is InChI=1S/C23H37N3S2/c1-3-4-5-6-7-8-9-10-11-12-13-14-22-24-25-23(19-27)26(22)20-15-17-21(28-2)18-16-20/h15-19,23,25H,3-14H2,1-2H3. The molecule has 0 amide bonds. The zero-order chi connectivity index (χ0) is 20.0. The van der Waals surface area contributed by atoms with E-state index in [0.29, 0.717) is 0 Å². The molecule has 2 rings (SSSR count). The van der Waals surface area contributed by atoms with Crippen LogP contribution in [0.4, 0.5) is 5.69 Å². The van der Waals surface area contributed by atoms with E-state index in [1.807, 2.05) is 0 Å². The molecule has 1 unspecified atom stereocenters. The summed E-state index contributed by atoms with van der Waals surface area (Å²) in [7, 11) is 0. The molecule has 1 aromatic rings. The Morgan fingerprint density at radius 2 is 1.54 bits per heavy atom. The maximum absolute atomic E-state index is 5.21. The number of anilines is 1. The first kappa shape index (κ1) is 23.2. The van der Waals surface area contributed by atoms with Gasteiger partial charge in [0.05, 0.1) is 0 Å². The van der Waals surface area contributed by atoms with Crippen molar-refractivity contribution in [2.45, 2.75) is 95.0 Å². The van der Waals surface area contributed by atoms with Gasteiger partial charge < -0.3 is 4.90 Å². The monoisotopic (exact) mass is 419 g/mol. The number of amidine groups is 1. The van der Waals surface area contributed by atoms with Gasteiger partial charge in [0.2, 0.25) is 0 Å². The van der Waals surface area contributed by atoms with E-state index < -0.39 is 0 Å². The number of hydrogen-bond donors (Lipinski definition) is 1. The first-order valence-corrected chi connectivity index (χ1v) is 12.7. The lowest BCUT2D eigenvalue weighted by atomic mass is 10.0. The normalized spacial score (nSPS) is 16.1. The number of rotatable bonds is 15. The number of hydrazone groups is 1. The van der Waals surface area contributed by atoms with Crippen molar-refractivity contribution in [2.24, 2.45) is 5.10 Å². The SMILES string of the molecule is CCCCCCCCCCCCCC1=NNC(C=S)N1c1ccc(SC)cc1. The van der Waals surface area contributed by atoms with Crippen LogP contribution in [0.1, 0.15) is 84.0 Å². The van der Waals surface area contributed by atoms with E-state index >= 15 is 0 Å². The van der Waals surface area contributed by atoms with Crippen molar-refractivity contribution in [3.8, 4) is 0 Å². The fourth-order valence-corrected chi connectivity index (χ4v) is 4.27. The van der Waals surface area contributed by atoms with Crippen LogP contribution in [0, 0.1) is 0 Å². The summed E-state index contributed by atoms with van der Waals surface area (Å²) < 4.78 is 0. The Hall–Kier alpha value is -1.07. The van der Waals surface area contributed by atoms with E-state index in [1.165, 1.54) is 75.5 Å². The second-order valence-corrected chi connectivity index (χ2v) is 8.74. The molecule has 0 radical (unpaired) electrons. The van der Waals surface area contributed by atoms with Gasteiger partial charge in [-0.3, -0.25) is 5.43 Å². The summed E-state index contributed by atoms with van der Waals surface area (Å²) in [6.45, 7) is 2.28. The number of hydrogen-bond acceptors (Lipinski definition) is 5. The van der Waals surface area contributed by atoms with Crippen LogP contribution in [0.15, 0.2) is 34.3 Å². The largest absolute Gasteiger partial charge is 0.302 e. The molecule has 1 aliphatic rings. The van der Waals surface area contributed by atoms with Crippen LogP contribution in [-0.4, -0.2) is 23.6 Å². The Bertz CT molecular complexity index is 586. The van der Waals surface area contributed by atoms with Gasteiger partial charge >= 0.3 is 0 Å². The predicted octanol–water partition coefficient (Wildman–Crippen LogP) is 7.16. The van der Waals surface area contributed by atoms with Crippen molar-refractivity contribution in [2.75, 3.05) is 11.2 Å². The van der Waals surface area contributed by atoms with Gasteiger partial charge in [0.25, 0.3) is 0 Å². The number of thioether (sulfide) groups is 1. The van der Waals surface area contributed by atoms with Crippen molar-refractivity contribution in [3.05, 3.63) is 24.3 Å². The third-order valence-corrected chi connectivity index (χ3v) is 6.37. The average molecular weight is 420 g/mol. The Morgan fingerprint density at radius 3 is 2.07 bits per heavy atom. The van der Waals surface area contributed by atoms with E-state index in [1.54, 1.807) is 17.1 Å². The molecule has 0 aromatic heterocycles. The van der Waals surface area contributed by atoms with Crippen LogP contribution in [-0.2, 0) is 0 Å². The minimum Gasteiger partial charge on any atom is -0.302 e. The van der Waals surface area contributed by atoms with Crippen molar-refractivity contribution in [1.82, 2.24) is 5.43 Å². The average Bonchev–Trinajstić information content (AvgIpc) is 3.15. The van der Waals surface area contributed by atoms with Crippen LogP contribution in [0.2, 0.25) is 0 Å². The van der Waals surface area contributed by atoms with Crippen molar-refractivity contribution in [1.29, 1.82) is 0 Å². The van der Waals surface area contributed by atoms with Crippen LogP contribution in [0.3, 0.4) is 0 Å². The third kappa shape index (κ3) is 7.75. The summed E-state index contributed by atoms with van der Waals surface area (Å²) in [5.74, 6) is 1.11. The molecule has 5 heteroatoms. The minimum atomic E-state index is -0.0159. The highest BCUT2D eigenvalue weighted by Crippen LogP contribution is 2.25. The number of nitrogens with one attached hydrogen (secondary N) is 1. The molecule has 0 spiro atoms. The summed E-state index contributed by atoms with van der Waals surface area (Å²) in [6.07, 6.45) is 18.1. The van der Waals surface area contributed by atoms with Crippen LogP contribution >= 0.6 is 24.0 Å². The zero-order valence-corrected chi connectivity index (χ0v) is 19.3. The Balaban J connectivity index is 1.66. The summed E-state index contributed by atoms with van der Waals surface area (Å²) in [5, 5.41) is 6.32. The summed E-state index contributed by atoms with van der Waals surface area (Å²) in [6, 6.07) is 8.67. The molecule has 156 valence electrons. The molecule has 1 atom stereocenters. The zero-order valence-electron chi connectivity index (χ0n) is 17.7. The first-order chi connectivity index (χ1) is 13.8. The lowest BCUT2D eigenvalue weighted by Gasteiger charge is -2.24. The molecule has 0 fully saturated rings. The third-order valence-electron chi connectivity index (χ3n) is 5.37. The highest BCUT2D eigenvalue weighted by molar-refractivity contribution is 7.98. The van der Waals surface area contributed by atoms with Gasteiger partial charge in [0, 0.05) is 22.4 Å². The second-order valence-electron chi connectivity index (χ2n) is 7.59. The van der Waals surface area contributed by atoms with E-state index in [0.717, 1.165) is 17.9 Å². The molecule has 0 bridgehead atoms. The van der Waals surface area contributed by atoms with Crippen LogP contribution in [0.25, 0.3) is 0 Å². The molecule has 28 heavy (non-hydrogen) atoms. The Labute approximate surface area is 181 Å². The molecule has 1 aromatic carbocycles. The fourth-order valence-electron chi connectivity index (χ4n) is 3.68. The summed E-state index contributed by atoms with van der Waals surface area (Å²) >= 11 is 6.98. The van der Waals surface area contributed by atoms with Gasteiger partial charge in [-0.1, -0.05) is 83.3 Å². The lowest BCUT2D eigenvalue weighted by molar-refractivity contribution is 0.551. The van der Waals surface area contributed by atoms with Gasteiger partial charge in [0.1, 0.15) is 12.0 Å². The van der Waals surface area contributed by atoms with E-state index in [2.05, 4.69) is 52.9 Å². The number of nitrogens with zero attached hydrogens (tertiary/aromatic N) is 2. The topological polar surface area (TPSA) is 27.6 Å². The minimum absolute atomic E-state index is 0.0159.